The van der Waals surface area contributed by atoms with E-state index in [1.165, 1.54) is 88.1 Å². The first-order valence-corrected chi connectivity index (χ1v) is 10.7. The van der Waals surface area contributed by atoms with Gasteiger partial charge >= 0.3 is 0 Å². The van der Waals surface area contributed by atoms with E-state index >= 15 is 0 Å². The van der Waals surface area contributed by atoms with E-state index in [1.54, 1.807) is 6.92 Å². The molecule has 1 rings (SSSR count). The molecule has 1 saturated heterocycles. The van der Waals surface area contributed by atoms with Crippen LogP contribution >= 0.6 is 0 Å². The number of likely N-dealkylation sites (N-methyl/N-ethyl adjacent to an activating group) is 1. The first-order chi connectivity index (χ1) is 11.6. The molecule has 0 aromatic carbocycles. The number of carbonyl (C=O) groups is 1. The number of amides is 1. The molecule has 25 heavy (non-hydrogen) atoms. The van der Waals surface area contributed by atoms with Gasteiger partial charge in [0.15, 0.2) is 0 Å². The summed E-state index contributed by atoms with van der Waals surface area (Å²) < 4.78 is 1.17. The summed E-state index contributed by atoms with van der Waals surface area (Å²) in [6, 6.07) is 0. The highest BCUT2D eigenvalue weighted by Crippen LogP contribution is 2.15. The van der Waals surface area contributed by atoms with Gasteiger partial charge in [-0.15, -0.1) is 0 Å². The van der Waals surface area contributed by atoms with E-state index in [2.05, 4.69) is 14.0 Å². The lowest BCUT2D eigenvalue weighted by Crippen LogP contribution is -3.00. The first-order valence-electron chi connectivity index (χ1n) is 10.7. The van der Waals surface area contributed by atoms with E-state index in [-0.39, 0.29) is 22.9 Å². The van der Waals surface area contributed by atoms with E-state index < -0.39 is 0 Å². The minimum absolute atomic E-state index is 0. The van der Waals surface area contributed by atoms with Crippen molar-refractivity contribution >= 4 is 5.91 Å². The predicted molar refractivity (Wildman–Crippen MR) is 104 cm³/mol. The minimum atomic E-state index is 0. The highest BCUT2D eigenvalue weighted by Gasteiger charge is 2.28. The molecule has 0 atom stereocenters. The monoisotopic (exact) mass is 418 g/mol. The first kappa shape index (κ1) is 24.9. The normalized spacial score (nSPS) is 16.5. The average molecular weight is 419 g/mol. The predicted octanol–water partition coefficient (Wildman–Crippen LogP) is 2.00. The highest BCUT2D eigenvalue weighted by atomic mass is 79.9. The van der Waals surface area contributed by atoms with Crippen molar-refractivity contribution in [2.24, 2.45) is 0 Å². The Hall–Kier alpha value is -0.0900. The second-order valence-corrected chi connectivity index (χ2v) is 8.19. The van der Waals surface area contributed by atoms with Gasteiger partial charge in [-0.25, -0.2) is 0 Å². The summed E-state index contributed by atoms with van der Waals surface area (Å²) in [6.45, 7) is 9.45. The molecule has 1 fully saturated rings. The smallest absolute Gasteiger partial charge is 0.219 e. The zero-order valence-electron chi connectivity index (χ0n) is 17.2. The summed E-state index contributed by atoms with van der Waals surface area (Å²) in [7, 11) is 2.37. The zero-order chi connectivity index (χ0) is 17.7. The lowest BCUT2D eigenvalue weighted by molar-refractivity contribution is -0.913. The standard InChI is InChI=1S/C21H43N2O.BrH/c1-4-5-6-7-8-9-10-11-12-13-14-15-18-23(3)19-16-22(17-20-23)21(2)24;/h4-20H2,1-3H3;1H/q+1;/p-1. The van der Waals surface area contributed by atoms with Gasteiger partial charge in [0.2, 0.25) is 5.91 Å². The number of rotatable bonds is 13. The number of hydrogen-bond acceptors (Lipinski definition) is 1. The fraction of sp³-hybridized carbons (Fsp3) is 0.952. The quantitative estimate of drug-likeness (QED) is 0.330. The molecule has 0 aliphatic carbocycles. The molecule has 0 aromatic rings. The molecule has 0 saturated carbocycles. The van der Waals surface area contributed by atoms with Gasteiger partial charge < -0.3 is 26.4 Å². The number of carbonyl (C=O) groups excluding carboxylic acids is 1. The second kappa shape index (κ2) is 15.0. The molecule has 1 amide bonds. The van der Waals surface area contributed by atoms with Crippen LogP contribution in [0.25, 0.3) is 0 Å². The van der Waals surface area contributed by atoms with Crippen LogP contribution in [-0.4, -0.2) is 55.1 Å². The van der Waals surface area contributed by atoms with E-state index in [0.29, 0.717) is 0 Å². The Kier molecular flexibility index (Phi) is 15.0. The molecule has 0 spiro atoms. The van der Waals surface area contributed by atoms with Crippen LogP contribution in [-0.2, 0) is 4.79 Å². The zero-order valence-corrected chi connectivity index (χ0v) is 18.8. The summed E-state index contributed by atoms with van der Waals surface area (Å²) in [5, 5.41) is 0. The fourth-order valence-corrected chi connectivity index (χ4v) is 3.82. The van der Waals surface area contributed by atoms with Crippen molar-refractivity contribution in [2.45, 2.75) is 90.9 Å². The Bertz CT molecular complexity index is 328. The molecule has 0 N–H and O–H groups in total. The molecule has 1 aliphatic rings. The topological polar surface area (TPSA) is 20.3 Å². The van der Waals surface area contributed by atoms with Crippen molar-refractivity contribution in [1.82, 2.24) is 4.90 Å². The van der Waals surface area contributed by atoms with Crippen LogP contribution in [0.15, 0.2) is 0 Å². The summed E-state index contributed by atoms with van der Waals surface area (Å²) in [4.78, 5) is 13.4. The molecule has 0 aromatic heterocycles. The lowest BCUT2D eigenvalue weighted by atomic mass is 10.0. The Balaban J connectivity index is 0.00000576. The summed E-state index contributed by atoms with van der Waals surface area (Å²) in [5.41, 5.74) is 0. The number of quaternary nitrogens is 1. The number of halogens is 1. The van der Waals surface area contributed by atoms with Crippen molar-refractivity contribution in [1.29, 1.82) is 0 Å². The molecule has 1 aliphatic heterocycles. The summed E-state index contributed by atoms with van der Waals surface area (Å²) >= 11 is 0. The van der Waals surface area contributed by atoms with Gasteiger partial charge in [-0.05, 0) is 12.8 Å². The molecule has 4 heteroatoms. The fourth-order valence-electron chi connectivity index (χ4n) is 3.82. The maximum atomic E-state index is 11.4. The maximum absolute atomic E-state index is 11.4. The molecule has 1 heterocycles. The van der Waals surface area contributed by atoms with E-state index in [4.69, 9.17) is 0 Å². The number of nitrogens with zero attached hydrogens (tertiary/aromatic N) is 2. The molecular formula is C21H43BrN2O. The third-order valence-electron chi connectivity index (χ3n) is 5.82. The molecule has 3 nitrogen and oxygen atoms in total. The Morgan fingerprint density at radius 2 is 1.20 bits per heavy atom. The number of hydrogen-bond donors (Lipinski definition) is 0. The van der Waals surface area contributed by atoms with Crippen LogP contribution in [0.3, 0.4) is 0 Å². The van der Waals surface area contributed by atoms with Gasteiger partial charge in [0.1, 0.15) is 0 Å². The maximum Gasteiger partial charge on any atom is 0.219 e. The van der Waals surface area contributed by atoms with Crippen molar-refractivity contribution in [2.75, 3.05) is 39.8 Å². The van der Waals surface area contributed by atoms with E-state index in [0.717, 1.165) is 26.2 Å². The molecule has 0 radical (unpaired) electrons. The van der Waals surface area contributed by atoms with Gasteiger partial charge in [0, 0.05) is 6.92 Å². The van der Waals surface area contributed by atoms with E-state index in [1.807, 2.05) is 4.90 Å². The minimum Gasteiger partial charge on any atom is -1.00 e. The van der Waals surface area contributed by atoms with Crippen LogP contribution < -0.4 is 17.0 Å². The van der Waals surface area contributed by atoms with Gasteiger partial charge in [-0.1, -0.05) is 71.1 Å². The Morgan fingerprint density at radius 1 is 0.800 bits per heavy atom. The van der Waals surface area contributed by atoms with Crippen LogP contribution in [0.5, 0.6) is 0 Å². The van der Waals surface area contributed by atoms with Gasteiger partial charge in [-0.2, -0.15) is 0 Å². The van der Waals surface area contributed by atoms with Gasteiger partial charge in [0.05, 0.1) is 39.8 Å². The average Bonchev–Trinajstić information content (AvgIpc) is 2.56. The lowest BCUT2D eigenvalue weighted by Gasteiger charge is -2.41. The second-order valence-electron chi connectivity index (χ2n) is 8.19. The SMILES string of the molecule is CCCCCCCCCCCCCC[N+]1(C)CCN(C(C)=O)CC1.[Br-]. The van der Waals surface area contributed by atoms with Crippen LogP contribution in [0.1, 0.15) is 90.9 Å². The number of unbranched alkanes of at least 4 members (excludes halogenated alkanes) is 11. The van der Waals surface area contributed by atoms with Crippen molar-refractivity contribution in [3.63, 3.8) is 0 Å². The van der Waals surface area contributed by atoms with E-state index in [9.17, 15) is 4.79 Å². The molecule has 0 bridgehead atoms. The van der Waals surface area contributed by atoms with Crippen molar-refractivity contribution in [3.05, 3.63) is 0 Å². The third-order valence-corrected chi connectivity index (χ3v) is 5.82. The van der Waals surface area contributed by atoms with Gasteiger partial charge in [-0.3, -0.25) is 4.79 Å². The van der Waals surface area contributed by atoms with Crippen LogP contribution in [0.2, 0.25) is 0 Å². The number of piperazine rings is 1. The molecular weight excluding hydrogens is 376 g/mol. The molecule has 150 valence electrons. The van der Waals surface area contributed by atoms with Crippen LogP contribution in [0.4, 0.5) is 0 Å². The summed E-state index contributed by atoms with van der Waals surface area (Å²) in [6.07, 6.45) is 17.0. The van der Waals surface area contributed by atoms with Crippen molar-refractivity contribution in [3.8, 4) is 0 Å². The largest absolute Gasteiger partial charge is 1.00 e. The van der Waals surface area contributed by atoms with Crippen LogP contribution in [0, 0.1) is 0 Å². The van der Waals surface area contributed by atoms with Crippen molar-refractivity contribution < 1.29 is 26.3 Å². The Labute approximate surface area is 167 Å². The molecule has 0 unspecified atom stereocenters. The highest BCUT2D eigenvalue weighted by molar-refractivity contribution is 5.73. The van der Waals surface area contributed by atoms with Gasteiger partial charge in [0.25, 0.3) is 0 Å². The third kappa shape index (κ3) is 12.0. The Morgan fingerprint density at radius 3 is 1.60 bits per heavy atom. The summed E-state index contributed by atoms with van der Waals surface area (Å²) in [5.74, 6) is 0.242.